The molecule has 2 radical (unpaired) electrons. The minimum Gasteiger partial charge on any atom is -0.242 e. The van der Waals surface area contributed by atoms with E-state index in [4.69, 9.17) is 4.84 Å². The van der Waals surface area contributed by atoms with Crippen LogP contribution in [0, 0.1) is 0 Å². The van der Waals surface area contributed by atoms with Gasteiger partial charge in [0.05, 0.1) is 0 Å². The van der Waals surface area contributed by atoms with Gasteiger partial charge in [-0.1, -0.05) is 91.0 Å². The molecule has 2 nitrogen and oxygen atoms in total. The summed E-state index contributed by atoms with van der Waals surface area (Å²) < 4.78 is 0. The topological polar surface area (TPSA) is 31.5 Å². The fraction of sp³-hybridized carbons (Fsp3) is 0.0526. The minimum atomic E-state index is -1.02. The molecule has 0 aliphatic carbocycles. The monoisotopic (exact) mass is 273 g/mol. The molecule has 0 saturated heterocycles. The predicted molar refractivity (Wildman–Crippen MR) is 82.4 cm³/mol. The second-order valence-corrected chi connectivity index (χ2v) is 4.87. The fourth-order valence-electron chi connectivity index (χ4n) is 2.68. The Bertz CT molecular complexity index is 584. The van der Waals surface area contributed by atoms with Crippen molar-refractivity contribution in [1.29, 1.82) is 0 Å². The van der Waals surface area contributed by atoms with Crippen molar-refractivity contribution in [2.45, 2.75) is 5.60 Å². The number of benzene rings is 3. The van der Waals surface area contributed by atoms with E-state index >= 15 is 0 Å². The summed E-state index contributed by atoms with van der Waals surface area (Å²) in [5, 5.41) is 0. The Hall–Kier alpha value is -2.42. The molecule has 0 aromatic heterocycles. The van der Waals surface area contributed by atoms with E-state index in [1.807, 2.05) is 91.0 Å². The zero-order chi connectivity index (χ0) is 14.5. The van der Waals surface area contributed by atoms with Crippen LogP contribution in [0.15, 0.2) is 91.0 Å². The number of rotatable bonds is 4. The average molecular weight is 273 g/mol. The molecular weight excluding hydrogens is 258 g/mol. The summed E-state index contributed by atoms with van der Waals surface area (Å²) in [7, 11) is 0. The van der Waals surface area contributed by atoms with E-state index in [0.29, 0.717) is 0 Å². The maximum absolute atomic E-state index is 9.84. The van der Waals surface area contributed by atoms with Crippen LogP contribution < -0.4 is 5.90 Å². The highest BCUT2D eigenvalue weighted by Gasteiger charge is 2.37. The summed E-state index contributed by atoms with van der Waals surface area (Å²) in [6, 6.07) is 29.2. The minimum absolute atomic E-state index is 0.880. The van der Waals surface area contributed by atoms with Crippen LogP contribution in [-0.2, 0) is 10.4 Å². The zero-order valence-electron chi connectivity index (χ0n) is 11.5. The van der Waals surface area contributed by atoms with Crippen molar-refractivity contribution in [2.24, 2.45) is 0 Å². The van der Waals surface area contributed by atoms with Crippen LogP contribution in [0.25, 0.3) is 0 Å². The summed E-state index contributed by atoms with van der Waals surface area (Å²) >= 11 is 0. The van der Waals surface area contributed by atoms with Crippen LogP contribution in [-0.4, -0.2) is 0 Å². The van der Waals surface area contributed by atoms with Crippen LogP contribution in [0.1, 0.15) is 16.7 Å². The molecule has 102 valence electrons. The molecule has 0 aliphatic rings. The highest BCUT2D eigenvalue weighted by molar-refractivity contribution is 5.47. The van der Waals surface area contributed by atoms with Crippen molar-refractivity contribution in [1.82, 2.24) is 5.90 Å². The lowest BCUT2D eigenvalue weighted by Crippen LogP contribution is -2.32. The molecule has 0 fully saturated rings. The van der Waals surface area contributed by atoms with Gasteiger partial charge in [-0.15, -0.1) is 0 Å². The van der Waals surface area contributed by atoms with Crippen molar-refractivity contribution in [2.75, 3.05) is 0 Å². The Morgan fingerprint density at radius 1 is 0.524 bits per heavy atom. The first-order valence-electron chi connectivity index (χ1n) is 6.87. The van der Waals surface area contributed by atoms with Gasteiger partial charge in [0.1, 0.15) is 0 Å². The van der Waals surface area contributed by atoms with Gasteiger partial charge in [-0.25, -0.2) is 4.84 Å². The van der Waals surface area contributed by atoms with Gasteiger partial charge in [0.2, 0.25) is 0 Å². The van der Waals surface area contributed by atoms with E-state index in [-0.39, 0.29) is 0 Å². The molecule has 0 saturated carbocycles. The van der Waals surface area contributed by atoms with Crippen LogP contribution in [0.4, 0.5) is 0 Å². The summed E-state index contributed by atoms with van der Waals surface area (Å²) in [6.07, 6.45) is 0. The molecule has 0 unspecified atom stereocenters. The van der Waals surface area contributed by atoms with Crippen molar-refractivity contribution in [3.05, 3.63) is 108 Å². The van der Waals surface area contributed by atoms with Gasteiger partial charge < -0.3 is 0 Å². The van der Waals surface area contributed by atoms with Gasteiger partial charge in [0.25, 0.3) is 0 Å². The zero-order valence-corrected chi connectivity index (χ0v) is 11.5. The van der Waals surface area contributed by atoms with Crippen LogP contribution in [0.2, 0.25) is 0 Å². The molecule has 2 heteroatoms. The maximum atomic E-state index is 9.84. The van der Waals surface area contributed by atoms with Crippen molar-refractivity contribution >= 4 is 0 Å². The normalized spacial score (nSPS) is 11.3. The standard InChI is InChI=1S/C19H15NO/c20-21-19(16-10-4-1-5-11-16,17-12-6-2-7-13-17)18-14-8-3-9-15-18/h1-15H. The molecule has 0 amide bonds. The van der Waals surface area contributed by atoms with Gasteiger partial charge in [-0.3, -0.25) is 0 Å². The first-order chi connectivity index (χ1) is 10.4. The summed E-state index contributed by atoms with van der Waals surface area (Å²) in [5.41, 5.74) is 1.61. The second-order valence-electron chi connectivity index (χ2n) is 4.87. The van der Waals surface area contributed by atoms with Crippen LogP contribution in [0.5, 0.6) is 0 Å². The highest BCUT2D eigenvalue weighted by atomic mass is 16.6. The van der Waals surface area contributed by atoms with Gasteiger partial charge in [0.15, 0.2) is 5.60 Å². The third kappa shape index (κ3) is 2.35. The van der Waals surface area contributed by atoms with E-state index in [9.17, 15) is 5.90 Å². The Labute approximate surface area is 124 Å². The van der Waals surface area contributed by atoms with E-state index in [1.165, 1.54) is 0 Å². The molecule has 3 aromatic rings. The molecule has 0 heterocycles. The fourth-order valence-corrected chi connectivity index (χ4v) is 2.68. The largest absolute Gasteiger partial charge is 0.242 e. The van der Waals surface area contributed by atoms with E-state index in [2.05, 4.69) is 0 Å². The smallest absolute Gasteiger partial charge is 0.168 e. The molecular formula is C19H15NO. The Morgan fingerprint density at radius 2 is 0.810 bits per heavy atom. The molecule has 3 aromatic carbocycles. The highest BCUT2D eigenvalue weighted by Crippen LogP contribution is 2.39. The molecule has 0 spiro atoms. The molecule has 0 bridgehead atoms. The van der Waals surface area contributed by atoms with Crippen molar-refractivity contribution < 1.29 is 4.84 Å². The SMILES string of the molecule is [N]OC(c1ccccc1)(c1ccccc1)c1ccccc1. The Morgan fingerprint density at radius 3 is 1.05 bits per heavy atom. The first-order valence-corrected chi connectivity index (χ1v) is 6.87. The lowest BCUT2D eigenvalue weighted by Gasteiger charge is -2.32. The lowest BCUT2D eigenvalue weighted by molar-refractivity contribution is -0.00353. The molecule has 21 heavy (non-hydrogen) atoms. The lowest BCUT2D eigenvalue weighted by atomic mass is 9.80. The van der Waals surface area contributed by atoms with Crippen molar-refractivity contribution in [3.8, 4) is 0 Å². The average Bonchev–Trinajstić information content (AvgIpc) is 2.59. The van der Waals surface area contributed by atoms with E-state index in [1.54, 1.807) is 0 Å². The molecule has 0 N–H and O–H groups in total. The Kier molecular flexibility index (Phi) is 3.82. The van der Waals surface area contributed by atoms with E-state index < -0.39 is 5.60 Å². The van der Waals surface area contributed by atoms with Gasteiger partial charge >= 0.3 is 0 Å². The van der Waals surface area contributed by atoms with Gasteiger partial charge in [-0.2, -0.15) is 0 Å². The molecule has 0 aliphatic heterocycles. The predicted octanol–water partition coefficient (Wildman–Crippen LogP) is 3.98. The summed E-state index contributed by atoms with van der Waals surface area (Å²) in [6.45, 7) is 0. The number of nitrogens with zero attached hydrogens (tertiary/aromatic N) is 1. The number of hydrogen-bond acceptors (Lipinski definition) is 1. The van der Waals surface area contributed by atoms with Crippen LogP contribution >= 0.6 is 0 Å². The maximum Gasteiger partial charge on any atom is 0.168 e. The van der Waals surface area contributed by atoms with E-state index in [0.717, 1.165) is 16.7 Å². The number of hydrogen-bond donors (Lipinski definition) is 0. The quantitative estimate of drug-likeness (QED) is 0.522. The second kappa shape index (κ2) is 5.92. The molecule has 3 rings (SSSR count). The summed E-state index contributed by atoms with van der Waals surface area (Å²) in [5.74, 6) is 9.84. The Balaban J connectivity index is 2.29. The van der Waals surface area contributed by atoms with Crippen molar-refractivity contribution in [3.63, 3.8) is 0 Å². The third-order valence-electron chi connectivity index (χ3n) is 3.68. The van der Waals surface area contributed by atoms with Gasteiger partial charge in [-0.05, 0) is 16.7 Å². The van der Waals surface area contributed by atoms with Crippen LogP contribution in [0.3, 0.4) is 0 Å². The van der Waals surface area contributed by atoms with Gasteiger partial charge in [0, 0.05) is 5.90 Å². The summed E-state index contributed by atoms with van der Waals surface area (Å²) in [4.78, 5) is 5.10. The third-order valence-corrected chi connectivity index (χ3v) is 3.68. The molecule has 0 atom stereocenters. The first kappa shape index (κ1) is 13.6.